The van der Waals surface area contributed by atoms with Gasteiger partial charge >= 0.3 is 0 Å². The van der Waals surface area contributed by atoms with E-state index in [9.17, 15) is 13.2 Å². The van der Waals surface area contributed by atoms with Crippen molar-refractivity contribution in [3.05, 3.63) is 48.0 Å². The quantitative estimate of drug-likeness (QED) is 0.474. The molecule has 0 aliphatic carbocycles. The maximum Gasteiger partial charge on any atom is 0.253 e. The number of hydrogen-bond acceptors (Lipinski definition) is 7. The lowest BCUT2D eigenvalue weighted by Crippen LogP contribution is -2.48. The number of fused-ring (bicyclic) bond motifs is 1. The lowest BCUT2D eigenvalue weighted by Gasteiger charge is -2.34. The van der Waals surface area contributed by atoms with Crippen LogP contribution in [-0.2, 0) is 10.0 Å². The summed E-state index contributed by atoms with van der Waals surface area (Å²) in [5, 5.41) is 0.993. The third-order valence-corrected chi connectivity index (χ3v) is 10.2. The average Bonchev–Trinajstić information content (AvgIpc) is 3.32. The Kier molecular flexibility index (Phi) is 6.83. The van der Waals surface area contributed by atoms with E-state index < -0.39 is 10.0 Å². The molecule has 10 heteroatoms. The summed E-state index contributed by atoms with van der Waals surface area (Å²) < 4.78 is 28.5. The minimum atomic E-state index is -3.49. The number of aromatic nitrogens is 1. The Balaban J connectivity index is 1.22. The van der Waals surface area contributed by atoms with E-state index >= 15 is 0 Å². The van der Waals surface area contributed by atoms with Crippen LogP contribution in [-0.4, -0.2) is 74.0 Å². The van der Waals surface area contributed by atoms with E-state index in [1.54, 1.807) is 51.7 Å². The predicted molar refractivity (Wildman–Crippen MR) is 139 cm³/mol. The Morgan fingerprint density at radius 1 is 0.941 bits per heavy atom. The van der Waals surface area contributed by atoms with Crippen molar-refractivity contribution in [2.24, 2.45) is 0 Å². The maximum absolute atomic E-state index is 13.0. The van der Waals surface area contributed by atoms with Crippen LogP contribution in [0.1, 0.15) is 29.6 Å². The Morgan fingerprint density at radius 3 is 2.32 bits per heavy atom. The smallest absolute Gasteiger partial charge is 0.253 e. The molecular formula is C24H28N4O3S3. The fourth-order valence-corrected chi connectivity index (χ4v) is 7.55. The van der Waals surface area contributed by atoms with E-state index in [2.05, 4.69) is 29.4 Å². The summed E-state index contributed by atoms with van der Waals surface area (Å²) in [6.07, 6.45) is 4.94. The van der Waals surface area contributed by atoms with Gasteiger partial charge < -0.3 is 9.80 Å². The van der Waals surface area contributed by atoms with Crippen molar-refractivity contribution in [2.45, 2.75) is 29.1 Å². The molecule has 1 amide bonds. The lowest BCUT2D eigenvalue weighted by atomic mass is 10.2. The number of hydrogen-bond donors (Lipinski definition) is 0. The summed E-state index contributed by atoms with van der Waals surface area (Å²) in [5.74, 6) is -0.0597. The van der Waals surface area contributed by atoms with Crippen molar-refractivity contribution in [2.75, 3.05) is 50.4 Å². The van der Waals surface area contributed by atoms with Gasteiger partial charge in [-0.1, -0.05) is 17.8 Å². The van der Waals surface area contributed by atoms with Gasteiger partial charge in [-0.15, -0.1) is 11.8 Å². The number of anilines is 1. The summed E-state index contributed by atoms with van der Waals surface area (Å²) in [7, 11) is -3.49. The molecular weight excluding hydrogens is 488 g/mol. The van der Waals surface area contributed by atoms with E-state index in [-0.39, 0.29) is 10.8 Å². The molecule has 1 aromatic heterocycles. The van der Waals surface area contributed by atoms with Gasteiger partial charge in [0, 0.05) is 49.7 Å². The Labute approximate surface area is 208 Å². The van der Waals surface area contributed by atoms with Gasteiger partial charge in [-0.3, -0.25) is 4.79 Å². The topological polar surface area (TPSA) is 73.8 Å². The molecule has 0 unspecified atom stereocenters. The van der Waals surface area contributed by atoms with Crippen molar-refractivity contribution in [3.8, 4) is 0 Å². The van der Waals surface area contributed by atoms with E-state index in [0.29, 0.717) is 31.7 Å². The van der Waals surface area contributed by atoms with Crippen LogP contribution in [0.2, 0.25) is 0 Å². The van der Waals surface area contributed by atoms with E-state index in [1.807, 2.05) is 4.90 Å². The van der Waals surface area contributed by atoms with Crippen molar-refractivity contribution in [1.82, 2.24) is 14.2 Å². The highest BCUT2D eigenvalue weighted by atomic mass is 32.2. The second-order valence-corrected chi connectivity index (χ2v) is 12.4. The molecule has 0 saturated carbocycles. The number of nitrogens with zero attached hydrogens (tertiary/aromatic N) is 4. The highest BCUT2D eigenvalue weighted by molar-refractivity contribution is 7.98. The molecule has 2 aromatic carbocycles. The van der Waals surface area contributed by atoms with Crippen LogP contribution in [0.5, 0.6) is 0 Å². The molecule has 3 aromatic rings. The number of benzene rings is 2. The molecule has 3 heterocycles. The van der Waals surface area contributed by atoms with Crippen LogP contribution < -0.4 is 4.90 Å². The van der Waals surface area contributed by atoms with Crippen LogP contribution in [0.15, 0.2) is 52.3 Å². The first kappa shape index (κ1) is 23.6. The predicted octanol–water partition coefficient (Wildman–Crippen LogP) is 4.16. The zero-order chi connectivity index (χ0) is 23.7. The van der Waals surface area contributed by atoms with Gasteiger partial charge in [0.15, 0.2) is 5.13 Å². The van der Waals surface area contributed by atoms with Gasteiger partial charge in [-0.25, -0.2) is 13.4 Å². The Hall–Kier alpha value is -2.14. The third-order valence-electron chi connectivity index (χ3n) is 6.48. The number of thioether (sulfide) groups is 1. The number of carbonyl (C=O) groups is 1. The molecule has 0 radical (unpaired) electrons. The molecule has 7 nitrogen and oxygen atoms in total. The van der Waals surface area contributed by atoms with Crippen LogP contribution in [0.4, 0.5) is 5.13 Å². The molecule has 0 spiro atoms. The number of carbonyl (C=O) groups excluding carboxylic acids is 1. The van der Waals surface area contributed by atoms with E-state index in [1.165, 1.54) is 9.60 Å². The zero-order valence-corrected chi connectivity index (χ0v) is 21.6. The molecule has 0 bridgehead atoms. The molecule has 0 atom stereocenters. The summed E-state index contributed by atoms with van der Waals surface area (Å²) >= 11 is 3.42. The monoisotopic (exact) mass is 516 g/mol. The number of rotatable bonds is 5. The van der Waals surface area contributed by atoms with Crippen LogP contribution in [0.25, 0.3) is 10.2 Å². The summed E-state index contributed by atoms with van der Waals surface area (Å²) in [6.45, 7) is 3.81. The molecule has 2 aliphatic heterocycles. The van der Waals surface area contributed by atoms with Crippen molar-refractivity contribution < 1.29 is 13.2 Å². The second kappa shape index (κ2) is 9.85. The Morgan fingerprint density at radius 2 is 1.65 bits per heavy atom. The fourth-order valence-electron chi connectivity index (χ4n) is 4.46. The number of amides is 1. The summed E-state index contributed by atoms with van der Waals surface area (Å²) in [6, 6.07) is 12.8. The van der Waals surface area contributed by atoms with Crippen molar-refractivity contribution in [3.63, 3.8) is 0 Å². The minimum absolute atomic E-state index is 0.0597. The van der Waals surface area contributed by atoms with Crippen LogP contribution in [0.3, 0.4) is 0 Å². The summed E-state index contributed by atoms with van der Waals surface area (Å²) in [5.41, 5.74) is 1.53. The van der Waals surface area contributed by atoms with E-state index in [4.69, 9.17) is 4.98 Å². The molecule has 2 fully saturated rings. The van der Waals surface area contributed by atoms with Gasteiger partial charge in [-0.2, -0.15) is 4.31 Å². The van der Waals surface area contributed by atoms with Gasteiger partial charge in [0.25, 0.3) is 5.91 Å². The number of piperidine rings is 1. The number of sulfonamides is 1. The van der Waals surface area contributed by atoms with Crippen LogP contribution in [0, 0.1) is 0 Å². The highest BCUT2D eigenvalue weighted by Crippen LogP contribution is 2.32. The largest absolute Gasteiger partial charge is 0.345 e. The fraction of sp³-hybridized carbons (Fsp3) is 0.417. The molecule has 34 heavy (non-hydrogen) atoms. The van der Waals surface area contributed by atoms with Crippen LogP contribution >= 0.6 is 23.1 Å². The first-order valence-electron chi connectivity index (χ1n) is 11.5. The average molecular weight is 517 g/mol. The number of piperazine rings is 1. The second-order valence-electron chi connectivity index (χ2n) is 8.60. The third kappa shape index (κ3) is 4.68. The normalized spacial score (nSPS) is 17.9. The first-order valence-corrected chi connectivity index (χ1v) is 15.0. The molecule has 180 valence electrons. The zero-order valence-electron chi connectivity index (χ0n) is 19.1. The maximum atomic E-state index is 13.0. The Bertz CT molecular complexity index is 1280. The summed E-state index contributed by atoms with van der Waals surface area (Å²) in [4.78, 5) is 23.4. The molecule has 5 rings (SSSR count). The standard InChI is InChI=1S/C24H28N4O3S3/c1-32-19-7-10-21-22(17-19)33-24(25-21)27-15-13-26(14-16-27)23(29)18-5-8-20(9-6-18)34(30,31)28-11-3-2-4-12-28/h5-10,17H,2-4,11-16H2,1H3. The number of thiazole rings is 1. The lowest BCUT2D eigenvalue weighted by molar-refractivity contribution is 0.0746. The first-order chi connectivity index (χ1) is 16.5. The SMILES string of the molecule is CSc1ccc2nc(N3CCN(C(=O)c4ccc(S(=O)(=O)N5CCCCC5)cc4)CC3)sc2c1. The van der Waals surface area contributed by atoms with Crippen molar-refractivity contribution >= 4 is 54.4 Å². The molecule has 0 N–H and O–H groups in total. The van der Waals surface area contributed by atoms with Gasteiger partial charge in [-0.05, 0) is 61.6 Å². The van der Waals surface area contributed by atoms with Gasteiger partial charge in [0.05, 0.1) is 15.1 Å². The minimum Gasteiger partial charge on any atom is -0.345 e. The van der Waals surface area contributed by atoms with Gasteiger partial charge in [0.2, 0.25) is 10.0 Å². The van der Waals surface area contributed by atoms with Gasteiger partial charge in [0.1, 0.15) is 0 Å². The molecule has 2 aliphatic rings. The highest BCUT2D eigenvalue weighted by Gasteiger charge is 2.27. The van der Waals surface area contributed by atoms with Crippen molar-refractivity contribution in [1.29, 1.82) is 0 Å². The molecule has 2 saturated heterocycles. The van der Waals surface area contributed by atoms with E-state index in [0.717, 1.165) is 43.0 Å².